The highest BCUT2D eigenvalue weighted by Gasteiger charge is 2.34. The lowest BCUT2D eigenvalue weighted by molar-refractivity contribution is -0.138. The Morgan fingerprint density at radius 1 is 1.30 bits per heavy atom. The van der Waals surface area contributed by atoms with E-state index in [1.54, 1.807) is 0 Å². The topological polar surface area (TPSA) is 66.4 Å². The van der Waals surface area contributed by atoms with E-state index in [4.69, 9.17) is 5.11 Å². The molecule has 1 atom stereocenters. The summed E-state index contributed by atoms with van der Waals surface area (Å²) < 4.78 is 38.2. The van der Waals surface area contributed by atoms with Crippen LogP contribution in [0.2, 0.25) is 0 Å². The molecule has 0 aliphatic heterocycles. The molecule has 0 bridgehead atoms. The molecular weight excluding hydrogens is 275 g/mol. The largest absolute Gasteiger partial charge is 0.481 e. The normalized spacial score (nSPS) is 12.8. The molecule has 0 aliphatic rings. The molecule has 1 amide bonds. The summed E-state index contributed by atoms with van der Waals surface area (Å²) in [6.45, 7) is 1.54. The van der Waals surface area contributed by atoms with E-state index in [-0.39, 0.29) is 12.8 Å². The Labute approximate surface area is 113 Å². The van der Waals surface area contributed by atoms with Crippen molar-refractivity contribution in [2.75, 3.05) is 0 Å². The Bertz CT molecular complexity index is 500. The Balaban J connectivity index is 2.80. The van der Waals surface area contributed by atoms with Crippen LogP contribution in [-0.4, -0.2) is 23.0 Å². The first-order chi connectivity index (χ1) is 9.21. The molecule has 1 rings (SSSR count). The van der Waals surface area contributed by atoms with Gasteiger partial charge >= 0.3 is 12.1 Å². The number of rotatable bonds is 5. The second-order valence-corrected chi connectivity index (χ2v) is 4.35. The van der Waals surface area contributed by atoms with E-state index in [0.717, 1.165) is 12.1 Å². The van der Waals surface area contributed by atoms with Crippen molar-refractivity contribution in [2.24, 2.45) is 0 Å². The van der Waals surface area contributed by atoms with E-state index in [9.17, 15) is 22.8 Å². The van der Waals surface area contributed by atoms with Gasteiger partial charge in [-0.3, -0.25) is 9.59 Å². The number of carboxylic acid groups (broad SMARTS) is 1. The summed E-state index contributed by atoms with van der Waals surface area (Å²) in [7, 11) is 0. The van der Waals surface area contributed by atoms with Crippen LogP contribution in [0, 0.1) is 0 Å². The molecule has 110 valence electrons. The molecule has 0 heterocycles. The maximum atomic E-state index is 12.7. The molecule has 0 aromatic heterocycles. The van der Waals surface area contributed by atoms with Crippen molar-refractivity contribution >= 4 is 11.9 Å². The number of aliphatic carboxylic acids is 1. The van der Waals surface area contributed by atoms with Gasteiger partial charge in [0.2, 0.25) is 0 Å². The highest BCUT2D eigenvalue weighted by molar-refractivity contribution is 5.96. The number of hydrogen-bond donors (Lipinski definition) is 2. The first kappa shape index (κ1) is 16.0. The summed E-state index contributed by atoms with van der Waals surface area (Å²) in [5.41, 5.74) is -1.48. The van der Waals surface area contributed by atoms with E-state index in [2.05, 4.69) is 5.32 Å². The molecule has 0 saturated heterocycles. The molecule has 0 fully saturated rings. The Hall–Kier alpha value is -2.05. The van der Waals surface area contributed by atoms with Crippen molar-refractivity contribution in [3.63, 3.8) is 0 Å². The van der Waals surface area contributed by atoms with Crippen LogP contribution in [0.25, 0.3) is 0 Å². The molecule has 0 aliphatic carbocycles. The van der Waals surface area contributed by atoms with Crippen LogP contribution in [0.4, 0.5) is 13.2 Å². The summed E-state index contributed by atoms with van der Waals surface area (Å²) in [5, 5.41) is 10.9. The van der Waals surface area contributed by atoms with Crippen molar-refractivity contribution in [3.8, 4) is 0 Å². The maximum absolute atomic E-state index is 12.7. The average Bonchev–Trinajstić information content (AvgIpc) is 2.35. The van der Waals surface area contributed by atoms with Crippen molar-refractivity contribution in [1.29, 1.82) is 0 Å². The minimum atomic E-state index is -4.61. The summed E-state index contributed by atoms with van der Waals surface area (Å²) in [6, 6.07) is 3.93. The first-order valence-corrected chi connectivity index (χ1v) is 5.90. The van der Waals surface area contributed by atoms with Crippen LogP contribution in [0.15, 0.2) is 24.3 Å². The van der Waals surface area contributed by atoms with Crippen LogP contribution < -0.4 is 5.32 Å². The fourth-order valence-electron chi connectivity index (χ4n) is 1.64. The highest BCUT2D eigenvalue weighted by Crippen LogP contribution is 2.31. The van der Waals surface area contributed by atoms with Gasteiger partial charge < -0.3 is 10.4 Å². The molecule has 1 aromatic rings. The lowest BCUT2D eigenvalue weighted by Gasteiger charge is -2.16. The molecule has 0 unspecified atom stereocenters. The van der Waals surface area contributed by atoms with E-state index in [1.807, 2.05) is 0 Å². The molecule has 0 spiro atoms. The van der Waals surface area contributed by atoms with Gasteiger partial charge in [-0.15, -0.1) is 0 Å². The van der Waals surface area contributed by atoms with Crippen LogP contribution in [0.3, 0.4) is 0 Å². The monoisotopic (exact) mass is 289 g/mol. The summed E-state index contributed by atoms with van der Waals surface area (Å²) in [5.74, 6) is -1.89. The number of hydrogen-bond acceptors (Lipinski definition) is 2. The molecule has 0 radical (unpaired) electrons. The average molecular weight is 289 g/mol. The molecular formula is C13H14F3NO3. The second kappa shape index (κ2) is 6.40. The third-order valence-electron chi connectivity index (χ3n) is 2.65. The minimum Gasteiger partial charge on any atom is -0.481 e. The zero-order chi connectivity index (χ0) is 15.3. The fourth-order valence-corrected chi connectivity index (χ4v) is 1.64. The van der Waals surface area contributed by atoms with Crippen molar-refractivity contribution in [2.45, 2.75) is 32.0 Å². The number of halogens is 3. The molecule has 20 heavy (non-hydrogen) atoms. The second-order valence-electron chi connectivity index (χ2n) is 4.35. The molecule has 1 aromatic carbocycles. The Morgan fingerprint density at radius 3 is 2.45 bits per heavy atom. The van der Waals surface area contributed by atoms with Gasteiger partial charge in [-0.2, -0.15) is 13.2 Å². The van der Waals surface area contributed by atoms with Crippen molar-refractivity contribution in [3.05, 3.63) is 35.4 Å². The summed E-state index contributed by atoms with van der Waals surface area (Å²) in [4.78, 5) is 22.2. The number of benzene rings is 1. The summed E-state index contributed by atoms with van der Waals surface area (Å²) in [6.07, 6.45) is -4.63. The first-order valence-electron chi connectivity index (χ1n) is 5.90. The lowest BCUT2D eigenvalue weighted by Crippen LogP contribution is -2.34. The van der Waals surface area contributed by atoms with Crippen molar-refractivity contribution in [1.82, 2.24) is 5.32 Å². The van der Waals surface area contributed by atoms with Gasteiger partial charge in [0.15, 0.2) is 0 Å². The van der Waals surface area contributed by atoms with Gasteiger partial charge in [0.25, 0.3) is 5.91 Å². The fraction of sp³-hybridized carbons (Fsp3) is 0.385. The van der Waals surface area contributed by atoms with Gasteiger partial charge in [0, 0.05) is 12.5 Å². The predicted molar refractivity (Wildman–Crippen MR) is 65.2 cm³/mol. The molecule has 0 saturated carbocycles. The van der Waals surface area contributed by atoms with E-state index >= 15 is 0 Å². The number of alkyl halides is 3. The number of amides is 1. The molecule has 2 N–H and O–H groups in total. The smallest absolute Gasteiger partial charge is 0.417 e. The van der Waals surface area contributed by atoms with Crippen LogP contribution >= 0.6 is 0 Å². The van der Waals surface area contributed by atoms with E-state index in [1.165, 1.54) is 19.1 Å². The van der Waals surface area contributed by atoms with Gasteiger partial charge in [-0.25, -0.2) is 0 Å². The lowest BCUT2D eigenvalue weighted by atomic mass is 10.1. The number of carbonyl (C=O) groups excluding carboxylic acids is 1. The number of carbonyl (C=O) groups is 2. The standard InChI is InChI=1S/C13H14F3NO3/c1-8(6-7-11(18)19)17-12(20)9-4-2-3-5-10(9)13(14,15)16/h2-5,8H,6-7H2,1H3,(H,17,20)(H,18,19)/t8-/m1/s1. The quantitative estimate of drug-likeness (QED) is 0.875. The van der Waals surface area contributed by atoms with E-state index < -0.39 is 35.2 Å². The summed E-state index contributed by atoms with van der Waals surface area (Å²) >= 11 is 0. The Morgan fingerprint density at radius 2 is 1.90 bits per heavy atom. The van der Waals surface area contributed by atoms with Crippen LogP contribution in [0.5, 0.6) is 0 Å². The van der Waals surface area contributed by atoms with Gasteiger partial charge in [-0.1, -0.05) is 12.1 Å². The van der Waals surface area contributed by atoms with Gasteiger partial charge in [0.05, 0.1) is 11.1 Å². The molecule has 4 nitrogen and oxygen atoms in total. The maximum Gasteiger partial charge on any atom is 0.417 e. The van der Waals surface area contributed by atoms with Crippen molar-refractivity contribution < 1.29 is 27.9 Å². The number of carboxylic acids is 1. The third-order valence-corrected chi connectivity index (χ3v) is 2.65. The van der Waals surface area contributed by atoms with Gasteiger partial charge in [-0.05, 0) is 25.5 Å². The third kappa shape index (κ3) is 4.56. The molecule has 7 heteroatoms. The zero-order valence-electron chi connectivity index (χ0n) is 10.7. The zero-order valence-corrected chi connectivity index (χ0v) is 10.7. The van der Waals surface area contributed by atoms with Crippen LogP contribution in [-0.2, 0) is 11.0 Å². The van der Waals surface area contributed by atoms with Crippen LogP contribution in [0.1, 0.15) is 35.7 Å². The highest BCUT2D eigenvalue weighted by atomic mass is 19.4. The Kier molecular flexibility index (Phi) is 5.12. The number of nitrogens with one attached hydrogen (secondary N) is 1. The minimum absolute atomic E-state index is 0.148. The SMILES string of the molecule is C[C@H](CCC(=O)O)NC(=O)c1ccccc1C(F)(F)F. The van der Waals surface area contributed by atoms with E-state index in [0.29, 0.717) is 0 Å². The predicted octanol–water partition coefficient (Wildman–Crippen LogP) is 2.69. The van der Waals surface area contributed by atoms with Gasteiger partial charge in [0.1, 0.15) is 0 Å².